The molecule has 0 saturated carbocycles. The molecule has 0 spiro atoms. The lowest BCUT2D eigenvalue weighted by Gasteiger charge is -2.38. The second-order valence-electron chi connectivity index (χ2n) is 6.32. The van der Waals surface area contributed by atoms with Crippen molar-refractivity contribution in [2.75, 3.05) is 26.7 Å². The van der Waals surface area contributed by atoms with Gasteiger partial charge >= 0.3 is 6.18 Å². The lowest BCUT2D eigenvalue weighted by molar-refractivity contribution is -0.185. The third-order valence-corrected chi connectivity index (χ3v) is 3.89. The molecule has 0 aliphatic carbocycles. The minimum Gasteiger partial charge on any atom is -0.315 e. The largest absolute Gasteiger partial charge is 0.391 e. The average Bonchev–Trinajstić information content (AvgIpc) is 2.23. The molecule has 1 heterocycles. The van der Waals surface area contributed by atoms with Crippen molar-refractivity contribution in [3.05, 3.63) is 0 Å². The molecule has 0 radical (unpaired) electrons. The first-order valence-corrected chi connectivity index (χ1v) is 6.61. The van der Waals surface area contributed by atoms with Gasteiger partial charge in [0.05, 0.1) is 5.92 Å². The van der Waals surface area contributed by atoms with Crippen LogP contribution in [0.15, 0.2) is 0 Å². The van der Waals surface area contributed by atoms with Gasteiger partial charge in [0.1, 0.15) is 0 Å². The Morgan fingerprint density at radius 3 is 2.00 bits per heavy atom. The van der Waals surface area contributed by atoms with Gasteiger partial charge in [0.25, 0.3) is 0 Å². The molecule has 18 heavy (non-hydrogen) atoms. The summed E-state index contributed by atoms with van der Waals surface area (Å²) in [4.78, 5) is 2.15. The number of rotatable bonds is 3. The first-order chi connectivity index (χ1) is 8.14. The molecule has 5 heteroatoms. The number of nitrogens with zero attached hydrogens (tertiary/aromatic N) is 1. The standard InChI is InChI=1S/C13H25F3N2/c1-12(2,3)11(17-4)9-18-7-5-10(6-8-18)13(14,15)16/h10-11,17H,5-9H2,1-4H3. The van der Waals surface area contributed by atoms with Crippen LogP contribution in [0.4, 0.5) is 13.2 Å². The van der Waals surface area contributed by atoms with Crippen LogP contribution in [-0.2, 0) is 0 Å². The molecule has 0 bridgehead atoms. The number of likely N-dealkylation sites (tertiary alicyclic amines) is 1. The van der Waals surface area contributed by atoms with E-state index in [1.807, 2.05) is 7.05 Å². The molecule has 1 N–H and O–H groups in total. The number of halogens is 3. The van der Waals surface area contributed by atoms with Crippen LogP contribution < -0.4 is 5.32 Å². The highest BCUT2D eigenvalue weighted by Gasteiger charge is 2.41. The van der Waals surface area contributed by atoms with Crippen molar-refractivity contribution in [1.29, 1.82) is 0 Å². The molecule has 1 unspecified atom stereocenters. The van der Waals surface area contributed by atoms with E-state index in [2.05, 4.69) is 31.0 Å². The van der Waals surface area contributed by atoms with Crippen LogP contribution in [0.3, 0.4) is 0 Å². The maximum absolute atomic E-state index is 12.6. The fourth-order valence-electron chi connectivity index (χ4n) is 2.50. The Balaban J connectivity index is 2.44. The Labute approximate surface area is 108 Å². The van der Waals surface area contributed by atoms with Crippen molar-refractivity contribution >= 4 is 0 Å². The molecule has 1 aliphatic rings. The number of nitrogens with one attached hydrogen (secondary N) is 1. The summed E-state index contributed by atoms with van der Waals surface area (Å²) in [7, 11) is 1.92. The Morgan fingerprint density at radius 1 is 1.17 bits per heavy atom. The predicted molar refractivity (Wildman–Crippen MR) is 67.5 cm³/mol. The molecule has 1 saturated heterocycles. The van der Waals surface area contributed by atoms with Crippen molar-refractivity contribution in [2.24, 2.45) is 11.3 Å². The van der Waals surface area contributed by atoms with Crippen LogP contribution in [0.5, 0.6) is 0 Å². The summed E-state index contributed by atoms with van der Waals surface area (Å²) in [5.41, 5.74) is 0.121. The van der Waals surface area contributed by atoms with E-state index in [9.17, 15) is 13.2 Å². The summed E-state index contributed by atoms with van der Waals surface area (Å²) in [5, 5.41) is 3.27. The topological polar surface area (TPSA) is 15.3 Å². The third-order valence-electron chi connectivity index (χ3n) is 3.89. The van der Waals surface area contributed by atoms with Crippen molar-refractivity contribution in [2.45, 2.75) is 45.8 Å². The van der Waals surface area contributed by atoms with Gasteiger partial charge in [-0.1, -0.05) is 20.8 Å². The lowest BCUT2D eigenvalue weighted by Crippen LogP contribution is -2.50. The van der Waals surface area contributed by atoms with Gasteiger partial charge in [0, 0.05) is 12.6 Å². The first kappa shape index (κ1) is 15.8. The van der Waals surface area contributed by atoms with Crippen LogP contribution >= 0.6 is 0 Å². The molecule has 108 valence electrons. The quantitative estimate of drug-likeness (QED) is 0.845. The minimum atomic E-state index is -4.02. The second kappa shape index (κ2) is 5.78. The molecule has 0 aromatic heterocycles. The summed E-state index contributed by atoms with van der Waals surface area (Å²) in [6.45, 7) is 8.38. The number of piperidine rings is 1. The highest BCUT2D eigenvalue weighted by molar-refractivity contribution is 4.85. The van der Waals surface area contributed by atoms with Crippen molar-refractivity contribution in [3.63, 3.8) is 0 Å². The van der Waals surface area contributed by atoms with Gasteiger partial charge in [-0.2, -0.15) is 13.2 Å². The van der Waals surface area contributed by atoms with Gasteiger partial charge < -0.3 is 10.2 Å². The summed E-state index contributed by atoms with van der Waals surface area (Å²) in [5.74, 6) is -1.10. The molecule has 0 aromatic carbocycles. The Kier molecular flexibility index (Phi) is 5.06. The molecule has 0 aromatic rings. The van der Waals surface area contributed by atoms with Crippen LogP contribution in [0.2, 0.25) is 0 Å². The summed E-state index contributed by atoms with van der Waals surface area (Å²) < 4.78 is 37.7. The minimum absolute atomic E-state index is 0.121. The van der Waals surface area contributed by atoms with Crippen LogP contribution in [-0.4, -0.2) is 43.8 Å². The SMILES string of the molecule is CNC(CN1CCC(C(F)(F)F)CC1)C(C)(C)C. The molecule has 2 nitrogen and oxygen atoms in total. The molecule has 1 rings (SSSR count). The molecular weight excluding hydrogens is 241 g/mol. The normalized spacial score (nSPS) is 22.2. The molecule has 1 atom stereocenters. The van der Waals surface area contributed by atoms with Crippen molar-refractivity contribution in [1.82, 2.24) is 10.2 Å². The summed E-state index contributed by atoms with van der Waals surface area (Å²) in [6, 6.07) is 0.305. The first-order valence-electron chi connectivity index (χ1n) is 6.61. The van der Waals surface area contributed by atoms with E-state index in [0.29, 0.717) is 19.1 Å². The zero-order valence-electron chi connectivity index (χ0n) is 11.8. The summed E-state index contributed by atoms with van der Waals surface area (Å²) >= 11 is 0. The van der Waals surface area contributed by atoms with Gasteiger partial charge in [-0.15, -0.1) is 0 Å². The van der Waals surface area contributed by atoms with Crippen LogP contribution in [0.1, 0.15) is 33.6 Å². The zero-order chi connectivity index (χ0) is 14.0. The smallest absolute Gasteiger partial charge is 0.315 e. The highest BCUT2D eigenvalue weighted by Crippen LogP contribution is 2.34. The van der Waals surface area contributed by atoms with E-state index < -0.39 is 12.1 Å². The van der Waals surface area contributed by atoms with Crippen LogP contribution in [0, 0.1) is 11.3 Å². The number of hydrogen-bond acceptors (Lipinski definition) is 2. The molecular formula is C13H25F3N2. The average molecular weight is 266 g/mol. The molecule has 0 amide bonds. The monoisotopic (exact) mass is 266 g/mol. The van der Waals surface area contributed by atoms with Gasteiger partial charge in [-0.3, -0.25) is 0 Å². The van der Waals surface area contributed by atoms with Gasteiger partial charge in [0.15, 0.2) is 0 Å². The Bertz CT molecular complexity index is 250. The van der Waals surface area contributed by atoms with Gasteiger partial charge in [-0.25, -0.2) is 0 Å². The highest BCUT2D eigenvalue weighted by atomic mass is 19.4. The summed E-state index contributed by atoms with van der Waals surface area (Å²) in [6.07, 6.45) is -3.54. The van der Waals surface area contributed by atoms with E-state index in [4.69, 9.17) is 0 Å². The van der Waals surface area contributed by atoms with E-state index in [1.165, 1.54) is 0 Å². The van der Waals surface area contributed by atoms with Gasteiger partial charge in [0.2, 0.25) is 0 Å². The molecule has 1 fully saturated rings. The third kappa shape index (κ3) is 4.43. The van der Waals surface area contributed by atoms with Gasteiger partial charge in [-0.05, 0) is 38.4 Å². The Hall–Kier alpha value is -0.290. The second-order valence-corrected chi connectivity index (χ2v) is 6.32. The van der Waals surface area contributed by atoms with Crippen LogP contribution in [0.25, 0.3) is 0 Å². The van der Waals surface area contributed by atoms with Crippen molar-refractivity contribution in [3.8, 4) is 0 Å². The fraction of sp³-hybridized carbons (Fsp3) is 1.00. The lowest BCUT2D eigenvalue weighted by atomic mass is 9.86. The zero-order valence-corrected chi connectivity index (χ0v) is 11.8. The van der Waals surface area contributed by atoms with E-state index in [1.54, 1.807) is 0 Å². The number of alkyl halides is 3. The maximum atomic E-state index is 12.6. The van der Waals surface area contributed by atoms with E-state index in [0.717, 1.165) is 6.54 Å². The molecule has 1 aliphatic heterocycles. The van der Waals surface area contributed by atoms with Crippen molar-refractivity contribution < 1.29 is 13.2 Å². The number of likely N-dealkylation sites (N-methyl/N-ethyl adjacent to an activating group) is 1. The van der Waals surface area contributed by atoms with E-state index in [-0.39, 0.29) is 18.3 Å². The fourth-order valence-corrected chi connectivity index (χ4v) is 2.50. The Morgan fingerprint density at radius 2 is 1.67 bits per heavy atom. The predicted octanol–water partition coefficient (Wildman–Crippen LogP) is 2.89. The number of hydrogen-bond donors (Lipinski definition) is 1. The maximum Gasteiger partial charge on any atom is 0.391 e. The van der Waals surface area contributed by atoms with E-state index >= 15 is 0 Å².